The molecule has 1 aromatic rings. The number of hydrogen-bond acceptors (Lipinski definition) is 4. The molecule has 3 atom stereocenters. The second-order valence-corrected chi connectivity index (χ2v) is 4.97. The van der Waals surface area contributed by atoms with E-state index in [-0.39, 0.29) is 12.1 Å². The summed E-state index contributed by atoms with van der Waals surface area (Å²) in [5.74, 6) is 1.97. The fourth-order valence-corrected chi connectivity index (χ4v) is 2.60. The molecule has 1 saturated heterocycles. The molecule has 18 heavy (non-hydrogen) atoms. The normalized spacial score (nSPS) is 28.7. The van der Waals surface area contributed by atoms with Gasteiger partial charge in [-0.15, -0.1) is 0 Å². The molecule has 0 spiro atoms. The van der Waals surface area contributed by atoms with Gasteiger partial charge in [-0.25, -0.2) is 0 Å². The van der Waals surface area contributed by atoms with Gasteiger partial charge in [-0.2, -0.15) is 0 Å². The number of benzene rings is 1. The highest BCUT2D eigenvalue weighted by Gasteiger charge is 2.32. The van der Waals surface area contributed by atoms with Gasteiger partial charge in [-0.1, -0.05) is 12.1 Å². The van der Waals surface area contributed by atoms with E-state index in [2.05, 4.69) is 0 Å². The van der Waals surface area contributed by atoms with Gasteiger partial charge in [0.1, 0.15) is 12.7 Å². The predicted molar refractivity (Wildman–Crippen MR) is 67.9 cm³/mol. The Kier molecular flexibility index (Phi) is 3.39. The number of ether oxygens (including phenoxy) is 3. The number of fused-ring (bicyclic) bond motifs is 1. The first-order valence-corrected chi connectivity index (χ1v) is 6.56. The van der Waals surface area contributed by atoms with Gasteiger partial charge in [0.05, 0.1) is 6.61 Å². The molecule has 2 aliphatic rings. The lowest BCUT2D eigenvalue weighted by Crippen LogP contribution is -2.51. The van der Waals surface area contributed by atoms with Crippen molar-refractivity contribution in [1.82, 2.24) is 0 Å². The minimum absolute atomic E-state index is 0.0290. The van der Waals surface area contributed by atoms with E-state index in [0.29, 0.717) is 12.5 Å². The number of para-hydroxylation sites is 2. The molecule has 0 radical (unpaired) electrons. The highest BCUT2D eigenvalue weighted by atomic mass is 16.6. The van der Waals surface area contributed by atoms with Gasteiger partial charge in [0.2, 0.25) is 0 Å². The molecule has 1 aromatic carbocycles. The van der Waals surface area contributed by atoms with E-state index in [0.717, 1.165) is 37.6 Å². The predicted octanol–water partition coefficient (Wildman–Crippen LogP) is 1.58. The maximum atomic E-state index is 6.30. The zero-order valence-electron chi connectivity index (χ0n) is 10.4. The Hall–Kier alpha value is -1.26. The maximum Gasteiger partial charge on any atom is 0.161 e. The Labute approximate surface area is 107 Å². The van der Waals surface area contributed by atoms with Crippen LogP contribution in [0.25, 0.3) is 0 Å². The summed E-state index contributed by atoms with van der Waals surface area (Å²) in [7, 11) is 0. The van der Waals surface area contributed by atoms with Gasteiger partial charge in [-0.3, -0.25) is 0 Å². The minimum atomic E-state index is -0.0772. The van der Waals surface area contributed by atoms with Crippen LogP contribution in [0.1, 0.15) is 12.8 Å². The van der Waals surface area contributed by atoms with Crippen LogP contribution < -0.4 is 15.2 Å². The van der Waals surface area contributed by atoms with Crippen LogP contribution in [-0.2, 0) is 4.74 Å². The monoisotopic (exact) mass is 249 g/mol. The molecule has 4 heteroatoms. The minimum Gasteiger partial charge on any atom is -0.486 e. The Morgan fingerprint density at radius 2 is 2.00 bits per heavy atom. The summed E-state index contributed by atoms with van der Waals surface area (Å²) in [5.41, 5.74) is 6.30. The molecule has 1 fully saturated rings. The molecule has 2 aliphatic heterocycles. The third kappa shape index (κ3) is 2.31. The van der Waals surface area contributed by atoms with Crippen molar-refractivity contribution in [3.63, 3.8) is 0 Å². The average Bonchev–Trinajstić information content (AvgIpc) is 2.47. The lowest BCUT2D eigenvalue weighted by atomic mass is 9.90. The van der Waals surface area contributed by atoms with E-state index in [4.69, 9.17) is 19.9 Å². The van der Waals surface area contributed by atoms with Gasteiger partial charge < -0.3 is 19.9 Å². The van der Waals surface area contributed by atoms with Gasteiger partial charge in [-0.05, 0) is 25.0 Å². The Morgan fingerprint density at radius 1 is 1.17 bits per heavy atom. The zero-order chi connectivity index (χ0) is 12.4. The second kappa shape index (κ2) is 5.16. The van der Waals surface area contributed by atoms with Gasteiger partial charge in [0.15, 0.2) is 11.5 Å². The molecular formula is C14H19NO3. The van der Waals surface area contributed by atoms with Crippen molar-refractivity contribution >= 4 is 0 Å². The largest absolute Gasteiger partial charge is 0.486 e. The first-order chi connectivity index (χ1) is 8.84. The molecule has 98 valence electrons. The van der Waals surface area contributed by atoms with Crippen molar-refractivity contribution in [1.29, 1.82) is 0 Å². The van der Waals surface area contributed by atoms with Gasteiger partial charge >= 0.3 is 0 Å². The number of nitrogens with two attached hydrogens (primary N) is 1. The molecule has 2 N–H and O–H groups in total. The third-order valence-electron chi connectivity index (χ3n) is 3.70. The van der Waals surface area contributed by atoms with E-state index >= 15 is 0 Å². The highest BCUT2D eigenvalue weighted by molar-refractivity contribution is 5.40. The molecule has 3 unspecified atom stereocenters. The Bertz CT molecular complexity index is 404. The molecule has 0 amide bonds. The summed E-state index contributed by atoms with van der Waals surface area (Å²) in [6.45, 7) is 2.12. The van der Waals surface area contributed by atoms with Crippen LogP contribution in [0.4, 0.5) is 0 Å². The molecule has 0 saturated carbocycles. The second-order valence-electron chi connectivity index (χ2n) is 4.97. The smallest absolute Gasteiger partial charge is 0.161 e. The quantitative estimate of drug-likeness (QED) is 0.864. The van der Waals surface area contributed by atoms with Crippen molar-refractivity contribution < 1.29 is 14.2 Å². The standard InChI is InChI=1S/C14H19NO3/c15-14(10-4-3-7-16-8-10)13-9-17-11-5-1-2-6-12(11)18-13/h1-2,5-6,10,13-14H,3-4,7-9,15H2. The van der Waals surface area contributed by atoms with Crippen molar-refractivity contribution in [3.8, 4) is 11.5 Å². The van der Waals surface area contributed by atoms with Crippen LogP contribution >= 0.6 is 0 Å². The van der Waals surface area contributed by atoms with E-state index < -0.39 is 0 Å². The molecule has 4 nitrogen and oxygen atoms in total. The maximum absolute atomic E-state index is 6.30. The van der Waals surface area contributed by atoms with Crippen LogP contribution in [0.3, 0.4) is 0 Å². The molecule has 0 aromatic heterocycles. The van der Waals surface area contributed by atoms with Gasteiger partial charge in [0, 0.05) is 18.6 Å². The van der Waals surface area contributed by atoms with E-state index in [1.54, 1.807) is 0 Å². The van der Waals surface area contributed by atoms with Crippen LogP contribution in [-0.4, -0.2) is 32.0 Å². The number of hydrogen-bond donors (Lipinski definition) is 1. The summed E-state index contributed by atoms with van der Waals surface area (Å²) in [5, 5.41) is 0. The fraction of sp³-hybridized carbons (Fsp3) is 0.571. The molecule has 0 aliphatic carbocycles. The molecule has 0 bridgehead atoms. The van der Waals surface area contributed by atoms with Crippen LogP contribution in [0.15, 0.2) is 24.3 Å². The Balaban J connectivity index is 1.67. The SMILES string of the molecule is NC(C1CCCOC1)C1COc2ccccc2O1. The summed E-state index contributed by atoms with van der Waals surface area (Å²) in [4.78, 5) is 0. The van der Waals surface area contributed by atoms with Crippen molar-refractivity contribution in [2.45, 2.75) is 25.0 Å². The van der Waals surface area contributed by atoms with Crippen LogP contribution in [0.5, 0.6) is 11.5 Å². The van der Waals surface area contributed by atoms with Crippen molar-refractivity contribution in [3.05, 3.63) is 24.3 Å². The van der Waals surface area contributed by atoms with E-state index in [9.17, 15) is 0 Å². The molecule has 3 rings (SSSR count). The third-order valence-corrected chi connectivity index (χ3v) is 3.70. The molecule has 2 heterocycles. The molecular weight excluding hydrogens is 230 g/mol. The fourth-order valence-electron chi connectivity index (χ4n) is 2.60. The summed E-state index contributed by atoms with van der Waals surface area (Å²) >= 11 is 0. The number of rotatable bonds is 2. The first kappa shape index (κ1) is 11.8. The highest BCUT2D eigenvalue weighted by Crippen LogP contribution is 2.32. The summed E-state index contributed by atoms with van der Waals surface area (Å²) < 4.78 is 17.1. The average molecular weight is 249 g/mol. The van der Waals surface area contributed by atoms with Crippen LogP contribution in [0.2, 0.25) is 0 Å². The first-order valence-electron chi connectivity index (χ1n) is 6.56. The Morgan fingerprint density at radius 3 is 2.78 bits per heavy atom. The van der Waals surface area contributed by atoms with Crippen LogP contribution in [0, 0.1) is 5.92 Å². The lowest BCUT2D eigenvalue weighted by molar-refractivity contribution is 0.00198. The van der Waals surface area contributed by atoms with Gasteiger partial charge in [0.25, 0.3) is 0 Å². The zero-order valence-corrected chi connectivity index (χ0v) is 10.4. The van der Waals surface area contributed by atoms with Crippen molar-refractivity contribution in [2.24, 2.45) is 11.7 Å². The summed E-state index contributed by atoms with van der Waals surface area (Å²) in [6, 6.07) is 7.70. The lowest BCUT2D eigenvalue weighted by Gasteiger charge is -2.35. The van der Waals surface area contributed by atoms with Crippen molar-refractivity contribution in [2.75, 3.05) is 19.8 Å². The van der Waals surface area contributed by atoms with E-state index in [1.807, 2.05) is 24.3 Å². The summed E-state index contributed by atoms with van der Waals surface area (Å²) in [6.07, 6.45) is 2.12. The topological polar surface area (TPSA) is 53.7 Å². The van der Waals surface area contributed by atoms with E-state index in [1.165, 1.54) is 0 Å².